The molecule has 1 aromatic heterocycles. The number of carbonyl (C=O) groups is 1. The highest BCUT2D eigenvalue weighted by Crippen LogP contribution is 2.35. The Labute approximate surface area is 181 Å². The highest BCUT2D eigenvalue weighted by molar-refractivity contribution is 5.93. The van der Waals surface area contributed by atoms with Gasteiger partial charge in [-0.3, -0.25) is 4.79 Å². The Bertz CT molecular complexity index is 632. The summed E-state index contributed by atoms with van der Waals surface area (Å²) in [6.45, 7) is 6.93. The Morgan fingerprint density at radius 1 is 1.29 bits per heavy atom. The van der Waals surface area contributed by atoms with Crippen molar-refractivity contribution in [3.63, 3.8) is 0 Å². The Hall–Kier alpha value is -0.890. The molecular formula is C19H36Cl2N6O. The van der Waals surface area contributed by atoms with Crippen LogP contribution in [0.1, 0.15) is 67.7 Å². The summed E-state index contributed by atoms with van der Waals surface area (Å²) in [6.07, 6.45) is 6.83. The fourth-order valence-corrected chi connectivity index (χ4v) is 4.63. The van der Waals surface area contributed by atoms with E-state index in [0.29, 0.717) is 24.2 Å². The molecule has 9 heteroatoms. The van der Waals surface area contributed by atoms with Crippen LogP contribution < -0.4 is 10.6 Å². The first-order chi connectivity index (χ1) is 12.4. The van der Waals surface area contributed by atoms with Gasteiger partial charge >= 0.3 is 0 Å². The standard InChI is InChI=1S/C19H34N6O.2ClH/c1-14-6-5-9-19(12-14,24(3)4)13-21-18(26)17-15(2)25(23-22-17)16-7-10-20-11-8-16;;/h14,16,20H,5-13H2,1-4H3,(H,21,26);2*1H. The van der Waals surface area contributed by atoms with Crippen molar-refractivity contribution in [3.05, 3.63) is 11.4 Å². The van der Waals surface area contributed by atoms with E-state index >= 15 is 0 Å². The number of hydrogen-bond donors (Lipinski definition) is 2. The molecule has 2 heterocycles. The van der Waals surface area contributed by atoms with E-state index in [1.807, 2.05) is 11.6 Å². The first-order valence-electron chi connectivity index (χ1n) is 10.0. The zero-order chi connectivity index (χ0) is 18.7. The minimum atomic E-state index is -0.0952. The van der Waals surface area contributed by atoms with Gasteiger partial charge in [-0.25, -0.2) is 4.68 Å². The number of aromatic nitrogens is 3. The molecule has 1 saturated carbocycles. The number of halogens is 2. The summed E-state index contributed by atoms with van der Waals surface area (Å²) in [6, 6.07) is 0.345. The summed E-state index contributed by atoms with van der Waals surface area (Å²) in [5.74, 6) is 0.604. The lowest BCUT2D eigenvalue weighted by atomic mass is 9.75. The summed E-state index contributed by atoms with van der Waals surface area (Å²) < 4.78 is 1.94. The van der Waals surface area contributed by atoms with Gasteiger partial charge in [0.2, 0.25) is 0 Å². The molecule has 0 spiro atoms. The normalized spacial score (nSPS) is 25.7. The van der Waals surface area contributed by atoms with Crippen molar-refractivity contribution < 1.29 is 4.79 Å². The summed E-state index contributed by atoms with van der Waals surface area (Å²) in [7, 11) is 4.26. The topological polar surface area (TPSA) is 75.1 Å². The molecule has 3 rings (SSSR count). The molecule has 1 aliphatic carbocycles. The molecular weight excluding hydrogens is 399 g/mol. The van der Waals surface area contributed by atoms with Crippen LogP contribution in [-0.2, 0) is 0 Å². The van der Waals surface area contributed by atoms with Gasteiger partial charge in [0, 0.05) is 12.1 Å². The average Bonchev–Trinajstić information content (AvgIpc) is 3.02. The van der Waals surface area contributed by atoms with E-state index in [0.717, 1.165) is 44.5 Å². The molecule has 1 amide bonds. The molecule has 28 heavy (non-hydrogen) atoms. The highest BCUT2D eigenvalue weighted by Gasteiger charge is 2.37. The number of hydrogen-bond acceptors (Lipinski definition) is 5. The molecule has 1 aromatic rings. The van der Waals surface area contributed by atoms with Crippen LogP contribution in [0.15, 0.2) is 0 Å². The minimum Gasteiger partial charge on any atom is -0.349 e. The smallest absolute Gasteiger partial charge is 0.273 e. The predicted octanol–water partition coefficient (Wildman–Crippen LogP) is 2.59. The summed E-state index contributed by atoms with van der Waals surface area (Å²) in [5, 5.41) is 15.0. The number of nitrogens with zero attached hydrogens (tertiary/aromatic N) is 4. The summed E-state index contributed by atoms with van der Waals surface area (Å²) >= 11 is 0. The summed E-state index contributed by atoms with van der Waals surface area (Å²) in [4.78, 5) is 15.1. The first kappa shape index (κ1) is 25.1. The number of likely N-dealkylation sites (N-methyl/N-ethyl adjacent to an activating group) is 1. The van der Waals surface area contributed by atoms with E-state index in [9.17, 15) is 4.79 Å². The largest absolute Gasteiger partial charge is 0.349 e. The van der Waals surface area contributed by atoms with Crippen LogP contribution in [-0.4, -0.2) is 65.1 Å². The average molecular weight is 435 g/mol. The van der Waals surface area contributed by atoms with Gasteiger partial charge in [0.25, 0.3) is 5.91 Å². The van der Waals surface area contributed by atoms with E-state index < -0.39 is 0 Å². The first-order valence-corrected chi connectivity index (χ1v) is 10.0. The second-order valence-electron chi connectivity index (χ2n) is 8.45. The molecule has 7 nitrogen and oxygen atoms in total. The lowest BCUT2D eigenvalue weighted by molar-refractivity contribution is 0.0672. The van der Waals surface area contributed by atoms with E-state index in [1.54, 1.807) is 0 Å². The van der Waals surface area contributed by atoms with Gasteiger partial charge in [-0.05, 0) is 65.7 Å². The number of carbonyl (C=O) groups excluding carboxylic acids is 1. The van der Waals surface area contributed by atoms with Crippen molar-refractivity contribution in [2.45, 2.75) is 64.0 Å². The molecule has 0 bridgehead atoms. The zero-order valence-electron chi connectivity index (χ0n) is 17.5. The molecule has 0 radical (unpaired) electrons. The van der Waals surface area contributed by atoms with Crippen molar-refractivity contribution >= 4 is 30.7 Å². The fraction of sp³-hybridized carbons (Fsp3) is 0.842. The second-order valence-corrected chi connectivity index (χ2v) is 8.45. The quantitative estimate of drug-likeness (QED) is 0.744. The summed E-state index contributed by atoms with van der Waals surface area (Å²) in [5.41, 5.74) is 1.40. The van der Waals surface area contributed by atoms with E-state index in [2.05, 4.69) is 46.9 Å². The van der Waals surface area contributed by atoms with Gasteiger partial charge in [-0.15, -0.1) is 29.9 Å². The Kier molecular flexibility index (Phi) is 9.67. The number of nitrogens with one attached hydrogen (secondary N) is 2. The number of rotatable bonds is 5. The molecule has 1 saturated heterocycles. The maximum atomic E-state index is 12.8. The van der Waals surface area contributed by atoms with Gasteiger partial charge in [0.05, 0.1) is 11.7 Å². The van der Waals surface area contributed by atoms with Crippen molar-refractivity contribution in [2.75, 3.05) is 33.7 Å². The van der Waals surface area contributed by atoms with Gasteiger partial charge in [-0.1, -0.05) is 25.0 Å². The van der Waals surface area contributed by atoms with Crippen molar-refractivity contribution in [3.8, 4) is 0 Å². The minimum absolute atomic E-state index is 0. The van der Waals surface area contributed by atoms with Crippen molar-refractivity contribution in [1.82, 2.24) is 30.5 Å². The van der Waals surface area contributed by atoms with Gasteiger partial charge in [0.15, 0.2) is 5.69 Å². The molecule has 2 N–H and O–H groups in total. The Balaban J connectivity index is 0.00000196. The monoisotopic (exact) mass is 434 g/mol. The van der Waals surface area contributed by atoms with E-state index in [4.69, 9.17) is 0 Å². The van der Waals surface area contributed by atoms with E-state index in [1.165, 1.54) is 12.8 Å². The molecule has 0 aromatic carbocycles. The lowest BCUT2D eigenvalue weighted by Crippen LogP contribution is -2.55. The fourth-order valence-electron chi connectivity index (χ4n) is 4.63. The number of amides is 1. The third-order valence-corrected chi connectivity index (χ3v) is 6.39. The lowest BCUT2D eigenvalue weighted by Gasteiger charge is -2.45. The third kappa shape index (κ3) is 5.38. The van der Waals surface area contributed by atoms with Crippen LogP contribution in [0.4, 0.5) is 0 Å². The Morgan fingerprint density at radius 2 is 1.96 bits per heavy atom. The van der Waals surface area contributed by atoms with Crippen LogP contribution in [0.25, 0.3) is 0 Å². The molecule has 1 aliphatic heterocycles. The maximum Gasteiger partial charge on any atom is 0.273 e. The van der Waals surface area contributed by atoms with Crippen molar-refractivity contribution in [2.24, 2.45) is 5.92 Å². The van der Waals surface area contributed by atoms with Crippen molar-refractivity contribution in [1.29, 1.82) is 0 Å². The SMILES string of the molecule is Cc1c(C(=O)NCC2(N(C)C)CCCC(C)C2)nnn1C1CCNCC1.Cl.Cl. The second kappa shape index (κ2) is 10.8. The third-order valence-electron chi connectivity index (χ3n) is 6.39. The molecule has 162 valence electrons. The van der Waals surface area contributed by atoms with Crippen LogP contribution >= 0.6 is 24.8 Å². The zero-order valence-corrected chi connectivity index (χ0v) is 19.2. The van der Waals surface area contributed by atoms with Crippen LogP contribution in [0.5, 0.6) is 0 Å². The predicted molar refractivity (Wildman–Crippen MR) is 117 cm³/mol. The van der Waals surface area contributed by atoms with Crippen LogP contribution in [0.3, 0.4) is 0 Å². The van der Waals surface area contributed by atoms with Crippen LogP contribution in [0, 0.1) is 12.8 Å². The molecule has 2 unspecified atom stereocenters. The van der Waals surface area contributed by atoms with E-state index in [-0.39, 0.29) is 36.3 Å². The van der Waals surface area contributed by atoms with Gasteiger partial charge in [-0.2, -0.15) is 0 Å². The van der Waals surface area contributed by atoms with Crippen LogP contribution in [0.2, 0.25) is 0 Å². The highest BCUT2D eigenvalue weighted by atomic mass is 35.5. The number of piperidine rings is 1. The van der Waals surface area contributed by atoms with Gasteiger partial charge < -0.3 is 15.5 Å². The Morgan fingerprint density at radius 3 is 2.57 bits per heavy atom. The maximum absolute atomic E-state index is 12.8. The van der Waals surface area contributed by atoms with Gasteiger partial charge in [0.1, 0.15) is 0 Å². The molecule has 2 aliphatic rings. The molecule has 2 fully saturated rings. The molecule has 2 atom stereocenters.